The molecule has 7 heteroatoms. The van der Waals surface area contributed by atoms with E-state index < -0.39 is 0 Å². The maximum Gasteiger partial charge on any atom is 0.191 e. The van der Waals surface area contributed by atoms with Gasteiger partial charge in [-0.25, -0.2) is 4.99 Å². The van der Waals surface area contributed by atoms with Gasteiger partial charge in [-0.05, 0) is 51.1 Å². The van der Waals surface area contributed by atoms with Gasteiger partial charge in [0.15, 0.2) is 17.5 Å². The van der Waals surface area contributed by atoms with E-state index in [0.29, 0.717) is 12.3 Å². The largest absolute Gasteiger partial charge is 0.493 e. The van der Waals surface area contributed by atoms with Gasteiger partial charge in [0.1, 0.15) is 5.76 Å². The lowest BCUT2D eigenvalue weighted by Gasteiger charge is -2.26. The second-order valence-corrected chi connectivity index (χ2v) is 7.00. The molecular formula is C22H32N4O3. The summed E-state index contributed by atoms with van der Waals surface area (Å²) >= 11 is 0. The van der Waals surface area contributed by atoms with Crippen molar-refractivity contribution < 1.29 is 13.9 Å². The first-order chi connectivity index (χ1) is 14.3. The van der Waals surface area contributed by atoms with Crippen LogP contribution < -0.4 is 20.1 Å². The first kappa shape index (κ1) is 21.0. The molecule has 1 fully saturated rings. The Morgan fingerprint density at radius 1 is 1.14 bits per heavy atom. The second kappa shape index (κ2) is 10.8. The van der Waals surface area contributed by atoms with Crippen molar-refractivity contribution in [3.8, 4) is 11.5 Å². The summed E-state index contributed by atoms with van der Waals surface area (Å²) in [6.45, 7) is 6.27. The monoisotopic (exact) mass is 400 g/mol. The predicted molar refractivity (Wildman–Crippen MR) is 115 cm³/mol. The molecule has 158 valence electrons. The summed E-state index contributed by atoms with van der Waals surface area (Å²) in [5.74, 6) is 3.20. The van der Waals surface area contributed by atoms with Crippen LogP contribution in [0.2, 0.25) is 0 Å². The third-order valence-corrected chi connectivity index (χ3v) is 5.15. The lowest BCUT2D eigenvalue weighted by molar-refractivity contribution is 0.215. The van der Waals surface area contributed by atoms with Crippen LogP contribution in [-0.2, 0) is 6.54 Å². The minimum absolute atomic E-state index is 0.197. The number of nitrogens with zero attached hydrogens (tertiary/aromatic N) is 2. The van der Waals surface area contributed by atoms with E-state index in [-0.39, 0.29) is 6.04 Å². The van der Waals surface area contributed by atoms with E-state index in [1.165, 1.54) is 12.8 Å². The van der Waals surface area contributed by atoms with E-state index in [0.717, 1.165) is 49.2 Å². The number of hydrogen-bond acceptors (Lipinski definition) is 5. The van der Waals surface area contributed by atoms with Crippen molar-refractivity contribution in [1.82, 2.24) is 15.5 Å². The minimum Gasteiger partial charge on any atom is -0.493 e. The van der Waals surface area contributed by atoms with Crippen molar-refractivity contribution in [3.63, 3.8) is 0 Å². The van der Waals surface area contributed by atoms with Gasteiger partial charge in [0, 0.05) is 18.7 Å². The van der Waals surface area contributed by atoms with Gasteiger partial charge in [-0.15, -0.1) is 0 Å². The normalized spacial score (nSPS) is 15.9. The van der Waals surface area contributed by atoms with Gasteiger partial charge < -0.3 is 24.5 Å². The average Bonchev–Trinajstić information content (AvgIpc) is 3.46. The molecule has 1 aliphatic heterocycles. The second-order valence-electron chi connectivity index (χ2n) is 7.00. The molecule has 0 saturated carbocycles. The highest BCUT2D eigenvalue weighted by Crippen LogP contribution is 2.31. The Morgan fingerprint density at radius 2 is 1.97 bits per heavy atom. The summed E-state index contributed by atoms with van der Waals surface area (Å²) in [5.41, 5.74) is 0.978. The van der Waals surface area contributed by atoms with Crippen molar-refractivity contribution >= 4 is 5.96 Å². The number of aliphatic imine (C=N–C) groups is 1. The molecule has 3 rings (SSSR count). The number of benzene rings is 1. The summed E-state index contributed by atoms with van der Waals surface area (Å²) in [5, 5.41) is 6.82. The fourth-order valence-corrected chi connectivity index (χ4v) is 3.72. The number of ether oxygens (including phenoxy) is 2. The smallest absolute Gasteiger partial charge is 0.191 e. The summed E-state index contributed by atoms with van der Waals surface area (Å²) < 4.78 is 16.6. The molecule has 1 aliphatic rings. The van der Waals surface area contributed by atoms with E-state index >= 15 is 0 Å². The number of para-hydroxylation sites is 1. The highest BCUT2D eigenvalue weighted by atomic mass is 16.5. The van der Waals surface area contributed by atoms with Crippen LogP contribution in [-0.4, -0.2) is 51.3 Å². The van der Waals surface area contributed by atoms with Crippen LogP contribution in [0.5, 0.6) is 11.5 Å². The number of furan rings is 1. The van der Waals surface area contributed by atoms with Crippen molar-refractivity contribution in [1.29, 1.82) is 0 Å². The Morgan fingerprint density at radius 3 is 2.62 bits per heavy atom. The summed E-state index contributed by atoms with van der Waals surface area (Å²) in [4.78, 5) is 7.23. The molecule has 1 unspecified atom stereocenters. The van der Waals surface area contributed by atoms with E-state index in [4.69, 9.17) is 18.9 Å². The van der Waals surface area contributed by atoms with Crippen molar-refractivity contribution in [2.24, 2.45) is 4.99 Å². The molecule has 7 nitrogen and oxygen atoms in total. The number of rotatable bonds is 9. The first-order valence-corrected chi connectivity index (χ1v) is 10.3. The van der Waals surface area contributed by atoms with Gasteiger partial charge in [0.05, 0.1) is 33.1 Å². The van der Waals surface area contributed by atoms with E-state index in [1.54, 1.807) is 20.5 Å². The molecule has 0 aliphatic carbocycles. The quantitative estimate of drug-likeness (QED) is 0.498. The molecule has 0 bridgehead atoms. The van der Waals surface area contributed by atoms with E-state index in [9.17, 15) is 0 Å². The molecule has 29 heavy (non-hydrogen) atoms. The van der Waals surface area contributed by atoms with Crippen molar-refractivity contribution in [3.05, 3.63) is 47.9 Å². The van der Waals surface area contributed by atoms with Crippen LogP contribution >= 0.6 is 0 Å². The van der Waals surface area contributed by atoms with E-state index in [2.05, 4.69) is 28.5 Å². The Labute approximate surface area is 173 Å². The summed E-state index contributed by atoms with van der Waals surface area (Å²) in [7, 11) is 3.29. The molecule has 1 aromatic carbocycles. The van der Waals surface area contributed by atoms with Gasteiger partial charge in [-0.3, -0.25) is 4.90 Å². The van der Waals surface area contributed by atoms with Crippen molar-refractivity contribution in [2.75, 3.05) is 40.4 Å². The molecule has 2 N–H and O–H groups in total. The van der Waals surface area contributed by atoms with Gasteiger partial charge in [-0.2, -0.15) is 0 Å². The zero-order chi connectivity index (χ0) is 20.5. The zero-order valence-electron chi connectivity index (χ0n) is 17.6. The number of nitrogens with one attached hydrogen (secondary N) is 2. The standard InChI is InChI=1S/C22H32N4O3/c1-4-23-22(24-15-17-9-7-10-20(27-2)21(17)28-3)25-16-18(19-11-8-14-29-19)26-12-5-6-13-26/h7-11,14,18H,4-6,12-13,15-16H2,1-3H3,(H2,23,24,25). The lowest BCUT2D eigenvalue weighted by atomic mass is 10.2. The van der Waals surface area contributed by atoms with Crippen LogP contribution in [0.4, 0.5) is 0 Å². The van der Waals surface area contributed by atoms with Crippen LogP contribution in [0.25, 0.3) is 0 Å². The minimum atomic E-state index is 0.197. The van der Waals surface area contributed by atoms with Crippen LogP contribution in [0, 0.1) is 0 Å². The van der Waals surface area contributed by atoms with Crippen LogP contribution in [0.15, 0.2) is 46.0 Å². The first-order valence-electron chi connectivity index (χ1n) is 10.3. The maximum atomic E-state index is 5.71. The SMILES string of the molecule is CCNC(=NCc1cccc(OC)c1OC)NCC(c1ccco1)N1CCCC1. The molecule has 0 amide bonds. The van der Waals surface area contributed by atoms with Gasteiger partial charge in [-0.1, -0.05) is 12.1 Å². The molecule has 0 spiro atoms. The number of hydrogen-bond donors (Lipinski definition) is 2. The maximum absolute atomic E-state index is 5.71. The molecule has 0 radical (unpaired) electrons. The Hall–Kier alpha value is -2.67. The zero-order valence-corrected chi connectivity index (χ0v) is 17.6. The van der Waals surface area contributed by atoms with Gasteiger partial charge in [0.25, 0.3) is 0 Å². The fraction of sp³-hybridized carbons (Fsp3) is 0.500. The number of methoxy groups -OCH3 is 2. The summed E-state index contributed by atoms with van der Waals surface area (Å²) in [6.07, 6.45) is 4.22. The molecule has 1 atom stereocenters. The number of guanidine groups is 1. The Kier molecular flexibility index (Phi) is 7.81. The molecule has 1 aromatic heterocycles. The highest BCUT2D eigenvalue weighted by Gasteiger charge is 2.25. The fourth-order valence-electron chi connectivity index (χ4n) is 3.72. The third-order valence-electron chi connectivity index (χ3n) is 5.15. The van der Waals surface area contributed by atoms with Crippen LogP contribution in [0.3, 0.4) is 0 Å². The van der Waals surface area contributed by atoms with E-state index in [1.807, 2.05) is 24.3 Å². The Bertz CT molecular complexity index is 770. The number of likely N-dealkylation sites (tertiary alicyclic amines) is 1. The topological polar surface area (TPSA) is 71.3 Å². The molecule has 2 aromatic rings. The van der Waals surface area contributed by atoms with Crippen molar-refractivity contribution in [2.45, 2.75) is 32.4 Å². The predicted octanol–water partition coefficient (Wildman–Crippen LogP) is 3.19. The molecular weight excluding hydrogens is 368 g/mol. The third kappa shape index (κ3) is 5.44. The summed E-state index contributed by atoms with van der Waals surface area (Å²) in [6, 6.07) is 10.0. The Balaban J connectivity index is 1.70. The lowest BCUT2D eigenvalue weighted by Crippen LogP contribution is -2.42. The average molecular weight is 401 g/mol. The highest BCUT2D eigenvalue weighted by molar-refractivity contribution is 5.79. The van der Waals surface area contributed by atoms with Gasteiger partial charge in [0.2, 0.25) is 0 Å². The molecule has 1 saturated heterocycles. The van der Waals surface area contributed by atoms with Crippen LogP contribution in [0.1, 0.15) is 37.1 Å². The van der Waals surface area contributed by atoms with Gasteiger partial charge >= 0.3 is 0 Å². The molecule has 2 heterocycles.